The zero-order valence-electron chi connectivity index (χ0n) is 18.5. The Morgan fingerprint density at radius 1 is 0.943 bits per heavy atom. The Morgan fingerprint density at radius 3 is 2.14 bits per heavy atom. The van der Waals surface area contributed by atoms with Crippen molar-refractivity contribution in [2.75, 3.05) is 30.6 Å². The molecule has 35 heavy (non-hydrogen) atoms. The summed E-state index contributed by atoms with van der Waals surface area (Å²) in [4.78, 5) is 25.7. The highest BCUT2D eigenvalue weighted by Crippen LogP contribution is 2.34. The van der Waals surface area contributed by atoms with Crippen molar-refractivity contribution in [3.63, 3.8) is 0 Å². The summed E-state index contributed by atoms with van der Waals surface area (Å²) < 4.78 is 49.2. The van der Waals surface area contributed by atoms with Gasteiger partial charge in [-0.05, 0) is 54.6 Å². The molecule has 2 amide bonds. The van der Waals surface area contributed by atoms with Gasteiger partial charge in [0.2, 0.25) is 5.91 Å². The van der Waals surface area contributed by atoms with E-state index in [9.17, 15) is 22.8 Å². The molecular weight excluding hydrogens is 505 g/mol. The number of alkyl halides is 3. The molecule has 3 aromatic carbocycles. The second kappa shape index (κ2) is 11.4. The largest absolute Gasteiger partial charge is 0.496 e. The second-order valence-electron chi connectivity index (χ2n) is 7.05. The maximum Gasteiger partial charge on any atom is 0.416 e. The lowest BCUT2D eigenvalue weighted by atomic mass is 10.1. The van der Waals surface area contributed by atoms with Gasteiger partial charge in [-0.1, -0.05) is 17.7 Å². The smallest absolute Gasteiger partial charge is 0.416 e. The van der Waals surface area contributed by atoms with Crippen molar-refractivity contribution < 1.29 is 32.2 Å². The average Bonchev–Trinajstić information content (AvgIpc) is 2.83. The van der Waals surface area contributed by atoms with Gasteiger partial charge in [0.1, 0.15) is 17.1 Å². The Hall–Kier alpha value is -3.37. The molecular formula is C24H20ClF3N2O4S. The fourth-order valence-electron chi connectivity index (χ4n) is 3.04. The number of amides is 2. The Morgan fingerprint density at radius 2 is 1.57 bits per heavy atom. The highest BCUT2D eigenvalue weighted by Gasteiger charge is 2.31. The number of methoxy groups -OCH3 is 2. The number of hydrogen-bond donors (Lipinski definition) is 2. The van der Waals surface area contributed by atoms with Gasteiger partial charge in [0.25, 0.3) is 5.91 Å². The summed E-state index contributed by atoms with van der Waals surface area (Å²) >= 11 is 7.08. The maximum absolute atomic E-state index is 12.9. The first-order chi connectivity index (χ1) is 16.6. The lowest BCUT2D eigenvalue weighted by molar-refractivity contribution is -0.137. The predicted octanol–water partition coefficient (Wildman–Crippen LogP) is 6.36. The van der Waals surface area contributed by atoms with Crippen LogP contribution in [0.5, 0.6) is 11.5 Å². The molecule has 0 aliphatic rings. The third kappa shape index (κ3) is 6.83. The van der Waals surface area contributed by atoms with Gasteiger partial charge in [0.15, 0.2) is 0 Å². The Bertz CT molecular complexity index is 1200. The fourth-order valence-corrected chi connectivity index (χ4v) is 3.90. The molecule has 0 atom stereocenters. The van der Waals surface area contributed by atoms with Gasteiger partial charge in [-0.25, -0.2) is 0 Å². The molecule has 3 rings (SSSR count). The van der Waals surface area contributed by atoms with Crippen molar-refractivity contribution in [2.24, 2.45) is 0 Å². The number of ether oxygens (including phenoxy) is 2. The van der Waals surface area contributed by atoms with Crippen LogP contribution in [0.3, 0.4) is 0 Å². The zero-order valence-corrected chi connectivity index (χ0v) is 20.1. The van der Waals surface area contributed by atoms with Gasteiger partial charge in [-0.3, -0.25) is 9.59 Å². The molecule has 3 aromatic rings. The summed E-state index contributed by atoms with van der Waals surface area (Å²) in [6.07, 6.45) is -4.55. The molecule has 184 valence electrons. The minimum absolute atomic E-state index is 0.00289. The fraction of sp³-hybridized carbons (Fsp3) is 0.167. The third-order valence-electron chi connectivity index (χ3n) is 4.70. The molecule has 0 aromatic heterocycles. The Labute approximate surface area is 208 Å². The molecule has 0 fully saturated rings. The number of halogens is 4. The van der Waals surface area contributed by atoms with Gasteiger partial charge in [-0.2, -0.15) is 13.2 Å². The van der Waals surface area contributed by atoms with E-state index in [1.807, 2.05) is 0 Å². The van der Waals surface area contributed by atoms with Crippen molar-refractivity contribution in [1.29, 1.82) is 0 Å². The van der Waals surface area contributed by atoms with Crippen LogP contribution in [0.2, 0.25) is 5.02 Å². The van der Waals surface area contributed by atoms with Crippen LogP contribution in [-0.2, 0) is 11.0 Å². The number of benzene rings is 3. The van der Waals surface area contributed by atoms with Crippen LogP contribution in [0.4, 0.5) is 24.5 Å². The Kier molecular flexibility index (Phi) is 8.52. The topological polar surface area (TPSA) is 76.7 Å². The summed E-state index contributed by atoms with van der Waals surface area (Å²) in [5.41, 5.74) is -0.265. The monoisotopic (exact) mass is 524 g/mol. The summed E-state index contributed by atoms with van der Waals surface area (Å²) in [5.74, 6) is -0.271. The van der Waals surface area contributed by atoms with Gasteiger partial charge >= 0.3 is 6.18 Å². The van der Waals surface area contributed by atoms with E-state index >= 15 is 0 Å². The number of nitrogens with one attached hydrogen (secondary N) is 2. The number of carbonyl (C=O) groups is 2. The molecule has 0 radical (unpaired) electrons. The van der Waals surface area contributed by atoms with Crippen molar-refractivity contribution in [1.82, 2.24) is 0 Å². The molecule has 0 spiro atoms. The van der Waals surface area contributed by atoms with Crippen molar-refractivity contribution >= 4 is 46.6 Å². The van der Waals surface area contributed by atoms with Crippen LogP contribution in [0.25, 0.3) is 0 Å². The van der Waals surface area contributed by atoms with Gasteiger partial charge in [0, 0.05) is 10.6 Å². The molecule has 0 bridgehead atoms. The average molecular weight is 525 g/mol. The lowest BCUT2D eigenvalue weighted by Gasteiger charge is -2.13. The summed E-state index contributed by atoms with van der Waals surface area (Å²) in [5, 5.41) is 5.16. The quantitative estimate of drug-likeness (QED) is 0.335. The molecule has 0 aliphatic heterocycles. The normalized spacial score (nSPS) is 11.0. The number of thioether (sulfide) groups is 1. The van der Waals surface area contributed by atoms with E-state index in [1.54, 1.807) is 42.5 Å². The predicted molar refractivity (Wildman–Crippen MR) is 130 cm³/mol. The molecule has 11 heteroatoms. The third-order valence-corrected chi connectivity index (χ3v) is 6.05. The first kappa shape index (κ1) is 26.2. The summed E-state index contributed by atoms with van der Waals surface area (Å²) in [6.45, 7) is 0. The van der Waals surface area contributed by atoms with Crippen LogP contribution < -0.4 is 20.1 Å². The van der Waals surface area contributed by atoms with E-state index in [2.05, 4.69) is 10.6 Å². The molecule has 0 heterocycles. The van der Waals surface area contributed by atoms with E-state index in [1.165, 1.54) is 26.0 Å². The van der Waals surface area contributed by atoms with E-state index in [-0.39, 0.29) is 22.0 Å². The highest BCUT2D eigenvalue weighted by atomic mass is 35.5. The molecule has 0 unspecified atom stereocenters. The molecule has 0 aliphatic carbocycles. The van der Waals surface area contributed by atoms with Crippen LogP contribution in [0, 0.1) is 0 Å². The van der Waals surface area contributed by atoms with Crippen LogP contribution in [0.1, 0.15) is 15.9 Å². The SMILES string of the molecule is COc1cccc(OC)c1C(=O)Nc1ccc(SCC(=O)Nc2cc(C(F)(F)F)ccc2Cl)cc1. The number of anilines is 2. The molecule has 0 saturated carbocycles. The minimum atomic E-state index is -4.55. The number of carbonyl (C=O) groups excluding carboxylic acids is 2. The maximum atomic E-state index is 12.9. The van der Waals surface area contributed by atoms with E-state index in [0.717, 1.165) is 18.2 Å². The Balaban J connectivity index is 1.60. The zero-order chi connectivity index (χ0) is 25.6. The van der Waals surface area contributed by atoms with Gasteiger partial charge < -0.3 is 20.1 Å². The van der Waals surface area contributed by atoms with Crippen LogP contribution >= 0.6 is 23.4 Å². The summed E-state index contributed by atoms with van der Waals surface area (Å²) in [7, 11) is 2.91. The highest BCUT2D eigenvalue weighted by molar-refractivity contribution is 8.00. The standard InChI is InChI=1S/C24H20ClF3N2O4S/c1-33-19-4-3-5-20(34-2)22(19)23(32)29-15-7-9-16(10-8-15)35-13-21(31)30-18-12-14(24(26,27)28)6-11-17(18)25/h3-12H,13H2,1-2H3,(H,29,32)(H,30,31). The number of rotatable bonds is 8. The second-order valence-corrected chi connectivity index (χ2v) is 8.50. The lowest BCUT2D eigenvalue weighted by Crippen LogP contribution is -2.15. The van der Waals surface area contributed by atoms with Crippen molar-refractivity contribution in [2.45, 2.75) is 11.1 Å². The van der Waals surface area contributed by atoms with E-state index in [0.29, 0.717) is 22.1 Å². The molecule has 2 N–H and O–H groups in total. The summed E-state index contributed by atoms with van der Waals surface area (Å²) in [6, 6.07) is 14.4. The first-order valence-corrected chi connectivity index (χ1v) is 11.4. The van der Waals surface area contributed by atoms with Crippen molar-refractivity contribution in [3.05, 3.63) is 76.8 Å². The molecule has 6 nitrogen and oxygen atoms in total. The number of hydrogen-bond acceptors (Lipinski definition) is 5. The van der Waals surface area contributed by atoms with Crippen LogP contribution in [0.15, 0.2) is 65.6 Å². The van der Waals surface area contributed by atoms with Crippen molar-refractivity contribution in [3.8, 4) is 11.5 Å². The minimum Gasteiger partial charge on any atom is -0.496 e. The van der Waals surface area contributed by atoms with Gasteiger partial charge in [-0.15, -0.1) is 11.8 Å². The van der Waals surface area contributed by atoms with Gasteiger partial charge in [0.05, 0.1) is 36.2 Å². The van der Waals surface area contributed by atoms with Crippen LogP contribution in [-0.4, -0.2) is 31.8 Å². The molecule has 0 saturated heterocycles. The van der Waals surface area contributed by atoms with E-state index in [4.69, 9.17) is 21.1 Å². The first-order valence-electron chi connectivity index (χ1n) is 10.0. The van der Waals surface area contributed by atoms with E-state index < -0.39 is 23.6 Å².